The molecular weight excluding hydrogens is 230 g/mol. The molecule has 0 saturated heterocycles. The standard InChI is InChI=1S/C13H15N3O2/c1-3-14-13(17)12-11(18-2)9-16(15-12)10-7-5-4-6-8-10/h4-9H,3H2,1-2H3,(H,14,17). The molecule has 2 rings (SSSR count). The van der Waals surface area contributed by atoms with Gasteiger partial charge in [-0.15, -0.1) is 0 Å². The number of amides is 1. The van der Waals surface area contributed by atoms with Crippen LogP contribution < -0.4 is 10.1 Å². The molecule has 0 radical (unpaired) electrons. The molecule has 0 spiro atoms. The summed E-state index contributed by atoms with van der Waals surface area (Å²) in [4.78, 5) is 11.8. The molecule has 0 aliphatic carbocycles. The molecule has 1 heterocycles. The van der Waals surface area contributed by atoms with Gasteiger partial charge < -0.3 is 10.1 Å². The summed E-state index contributed by atoms with van der Waals surface area (Å²) >= 11 is 0. The highest BCUT2D eigenvalue weighted by Gasteiger charge is 2.17. The number of nitrogens with zero attached hydrogens (tertiary/aromatic N) is 2. The minimum Gasteiger partial charge on any atom is -0.493 e. The largest absolute Gasteiger partial charge is 0.493 e. The molecular formula is C13H15N3O2. The molecule has 0 aliphatic rings. The molecule has 0 unspecified atom stereocenters. The van der Waals surface area contributed by atoms with Gasteiger partial charge in [0.1, 0.15) is 0 Å². The zero-order chi connectivity index (χ0) is 13.0. The number of aromatic nitrogens is 2. The van der Waals surface area contributed by atoms with Crippen molar-refractivity contribution in [1.82, 2.24) is 15.1 Å². The summed E-state index contributed by atoms with van der Waals surface area (Å²) in [6.07, 6.45) is 1.69. The summed E-state index contributed by atoms with van der Waals surface area (Å²) in [7, 11) is 1.52. The molecule has 0 fully saturated rings. The second kappa shape index (κ2) is 5.35. The Morgan fingerprint density at radius 2 is 2.11 bits per heavy atom. The van der Waals surface area contributed by atoms with E-state index in [9.17, 15) is 4.79 Å². The predicted octanol–water partition coefficient (Wildman–Crippen LogP) is 1.63. The second-order valence-electron chi connectivity index (χ2n) is 3.69. The van der Waals surface area contributed by atoms with Crippen molar-refractivity contribution in [3.05, 3.63) is 42.2 Å². The van der Waals surface area contributed by atoms with Crippen molar-refractivity contribution in [3.63, 3.8) is 0 Å². The van der Waals surface area contributed by atoms with Gasteiger partial charge in [0.15, 0.2) is 11.4 Å². The fourth-order valence-electron chi connectivity index (χ4n) is 1.62. The van der Waals surface area contributed by atoms with Crippen molar-refractivity contribution < 1.29 is 9.53 Å². The van der Waals surface area contributed by atoms with Crippen LogP contribution in [0.2, 0.25) is 0 Å². The lowest BCUT2D eigenvalue weighted by molar-refractivity contribution is 0.0947. The molecule has 94 valence electrons. The van der Waals surface area contributed by atoms with Gasteiger partial charge in [0.25, 0.3) is 5.91 Å². The normalized spacial score (nSPS) is 10.1. The van der Waals surface area contributed by atoms with Crippen molar-refractivity contribution in [1.29, 1.82) is 0 Å². The topological polar surface area (TPSA) is 56.2 Å². The van der Waals surface area contributed by atoms with E-state index in [1.807, 2.05) is 37.3 Å². The Labute approximate surface area is 105 Å². The number of ether oxygens (including phenoxy) is 1. The number of nitrogens with one attached hydrogen (secondary N) is 1. The van der Waals surface area contributed by atoms with E-state index in [1.165, 1.54) is 7.11 Å². The Bertz CT molecular complexity index is 534. The molecule has 1 aromatic carbocycles. The summed E-state index contributed by atoms with van der Waals surface area (Å²) in [5.74, 6) is 0.230. The number of carbonyl (C=O) groups excluding carboxylic acids is 1. The molecule has 0 atom stereocenters. The van der Waals surface area contributed by atoms with Gasteiger partial charge in [0, 0.05) is 6.54 Å². The molecule has 1 aromatic heterocycles. The fourth-order valence-corrected chi connectivity index (χ4v) is 1.62. The monoisotopic (exact) mass is 245 g/mol. The summed E-state index contributed by atoms with van der Waals surface area (Å²) < 4.78 is 6.80. The average molecular weight is 245 g/mol. The lowest BCUT2D eigenvalue weighted by atomic mass is 10.3. The Kier molecular flexibility index (Phi) is 3.62. The number of para-hydroxylation sites is 1. The van der Waals surface area contributed by atoms with Crippen LogP contribution in [0.5, 0.6) is 5.75 Å². The molecule has 1 N–H and O–H groups in total. The second-order valence-corrected chi connectivity index (χ2v) is 3.69. The lowest BCUT2D eigenvalue weighted by Crippen LogP contribution is -2.23. The van der Waals surface area contributed by atoms with Crippen LogP contribution in [0.15, 0.2) is 36.5 Å². The molecule has 0 aliphatic heterocycles. The van der Waals surface area contributed by atoms with Gasteiger partial charge in [-0.2, -0.15) is 5.10 Å². The van der Waals surface area contributed by atoms with Gasteiger partial charge in [0.2, 0.25) is 0 Å². The molecule has 0 bridgehead atoms. The van der Waals surface area contributed by atoms with Crippen molar-refractivity contribution in [2.24, 2.45) is 0 Å². The van der Waals surface area contributed by atoms with Crippen molar-refractivity contribution in [3.8, 4) is 11.4 Å². The van der Waals surface area contributed by atoms with Gasteiger partial charge >= 0.3 is 0 Å². The van der Waals surface area contributed by atoms with Gasteiger partial charge in [-0.1, -0.05) is 18.2 Å². The number of benzene rings is 1. The maximum Gasteiger partial charge on any atom is 0.275 e. The Balaban J connectivity index is 2.38. The highest BCUT2D eigenvalue weighted by atomic mass is 16.5. The minimum atomic E-state index is -0.232. The third-order valence-corrected chi connectivity index (χ3v) is 2.47. The number of hydrogen-bond acceptors (Lipinski definition) is 3. The van der Waals surface area contributed by atoms with E-state index in [1.54, 1.807) is 10.9 Å². The van der Waals surface area contributed by atoms with Crippen LogP contribution >= 0.6 is 0 Å². The first-order valence-corrected chi connectivity index (χ1v) is 5.73. The first kappa shape index (κ1) is 12.2. The SMILES string of the molecule is CCNC(=O)c1nn(-c2ccccc2)cc1OC. The zero-order valence-corrected chi connectivity index (χ0v) is 10.4. The van der Waals surface area contributed by atoms with Gasteiger partial charge in [-0.25, -0.2) is 4.68 Å². The van der Waals surface area contributed by atoms with Crippen molar-refractivity contribution in [2.75, 3.05) is 13.7 Å². The minimum absolute atomic E-state index is 0.232. The molecule has 1 amide bonds. The van der Waals surface area contributed by atoms with Gasteiger partial charge in [0.05, 0.1) is 19.0 Å². The third kappa shape index (κ3) is 2.34. The van der Waals surface area contributed by atoms with E-state index in [-0.39, 0.29) is 5.91 Å². The van der Waals surface area contributed by atoms with E-state index >= 15 is 0 Å². The first-order chi connectivity index (χ1) is 8.76. The van der Waals surface area contributed by atoms with Crippen LogP contribution in [0.1, 0.15) is 17.4 Å². The smallest absolute Gasteiger partial charge is 0.275 e. The summed E-state index contributed by atoms with van der Waals surface area (Å²) in [5, 5.41) is 6.96. The van der Waals surface area contributed by atoms with Gasteiger partial charge in [-0.05, 0) is 19.1 Å². The van der Waals surface area contributed by atoms with Crippen LogP contribution in [-0.2, 0) is 0 Å². The Morgan fingerprint density at radius 3 is 2.72 bits per heavy atom. The van der Waals surface area contributed by atoms with Gasteiger partial charge in [-0.3, -0.25) is 4.79 Å². The molecule has 2 aromatic rings. The lowest BCUT2D eigenvalue weighted by Gasteiger charge is -2.00. The van der Waals surface area contributed by atoms with E-state index in [0.29, 0.717) is 18.0 Å². The summed E-state index contributed by atoms with van der Waals surface area (Å²) in [6.45, 7) is 2.42. The van der Waals surface area contributed by atoms with Crippen LogP contribution in [0.3, 0.4) is 0 Å². The molecule has 5 heteroatoms. The molecule has 18 heavy (non-hydrogen) atoms. The van der Waals surface area contributed by atoms with Crippen molar-refractivity contribution >= 4 is 5.91 Å². The number of rotatable bonds is 4. The van der Waals surface area contributed by atoms with E-state index < -0.39 is 0 Å². The third-order valence-electron chi connectivity index (χ3n) is 2.47. The fraction of sp³-hybridized carbons (Fsp3) is 0.231. The predicted molar refractivity (Wildman–Crippen MR) is 68.1 cm³/mol. The molecule has 0 saturated carbocycles. The van der Waals surface area contributed by atoms with Crippen LogP contribution in [-0.4, -0.2) is 29.3 Å². The number of methoxy groups -OCH3 is 1. The van der Waals surface area contributed by atoms with Crippen LogP contribution in [0, 0.1) is 0 Å². The number of carbonyl (C=O) groups is 1. The van der Waals surface area contributed by atoms with Crippen molar-refractivity contribution in [2.45, 2.75) is 6.92 Å². The highest BCUT2D eigenvalue weighted by Crippen LogP contribution is 2.19. The highest BCUT2D eigenvalue weighted by molar-refractivity contribution is 5.94. The van der Waals surface area contributed by atoms with E-state index in [4.69, 9.17) is 4.74 Å². The zero-order valence-electron chi connectivity index (χ0n) is 10.4. The maximum absolute atomic E-state index is 11.8. The Morgan fingerprint density at radius 1 is 1.39 bits per heavy atom. The van der Waals surface area contributed by atoms with Crippen LogP contribution in [0.25, 0.3) is 5.69 Å². The van der Waals surface area contributed by atoms with Crippen LogP contribution in [0.4, 0.5) is 0 Å². The quantitative estimate of drug-likeness (QED) is 0.890. The summed E-state index contributed by atoms with van der Waals surface area (Å²) in [5.41, 5.74) is 1.18. The molecule has 5 nitrogen and oxygen atoms in total. The summed E-state index contributed by atoms with van der Waals surface area (Å²) in [6, 6.07) is 9.57. The maximum atomic E-state index is 11.8. The van der Waals surface area contributed by atoms with E-state index in [2.05, 4.69) is 10.4 Å². The van der Waals surface area contributed by atoms with E-state index in [0.717, 1.165) is 5.69 Å². The first-order valence-electron chi connectivity index (χ1n) is 5.73. The Hall–Kier alpha value is -2.30. The average Bonchev–Trinajstić information content (AvgIpc) is 2.84. The number of hydrogen-bond donors (Lipinski definition) is 1.